The first-order chi connectivity index (χ1) is 16.1. The van der Waals surface area contributed by atoms with Crippen LogP contribution in [0.2, 0.25) is 0 Å². The second-order valence-electron chi connectivity index (χ2n) is 7.06. The largest absolute Gasteiger partial charge is 0.495 e. The van der Waals surface area contributed by atoms with E-state index in [0.29, 0.717) is 33.4 Å². The summed E-state index contributed by atoms with van der Waals surface area (Å²) in [6.07, 6.45) is 1.87. The fraction of sp³-hybridized carbons (Fsp3) is 0.130. The van der Waals surface area contributed by atoms with Crippen molar-refractivity contribution >= 4 is 50.7 Å². The third kappa shape index (κ3) is 4.22. The van der Waals surface area contributed by atoms with Gasteiger partial charge in [0.25, 0.3) is 11.1 Å². The Kier molecular flexibility index (Phi) is 5.84. The predicted octanol–water partition coefficient (Wildman–Crippen LogP) is 5.66. The first kappa shape index (κ1) is 21.2. The number of thioether (sulfide) groups is 1. The number of fused-ring (bicyclic) bond motifs is 1. The van der Waals surface area contributed by atoms with Gasteiger partial charge in [0.15, 0.2) is 5.13 Å². The number of nitrogens with one attached hydrogen (secondary N) is 1. The van der Waals surface area contributed by atoms with Gasteiger partial charge >= 0.3 is 0 Å². The van der Waals surface area contributed by atoms with Crippen molar-refractivity contribution in [3.05, 3.63) is 65.8 Å². The number of thiazole rings is 1. The summed E-state index contributed by atoms with van der Waals surface area (Å²) in [5, 5.41) is 12.3. The Hall–Kier alpha value is -3.63. The van der Waals surface area contributed by atoms with E-state index in [1.165, 1.54) is 30.0 Å². The van der Waals surface area contributed by atoms with Crippen LogP contribution in [-0.4, -0.2) is 33.2 Å². The molecule has 0 unspecified atom stereocenters. The Morgan fingerprint density at radius 2 is 2.00 bits per heavy atom. The SMILES string of the molecule is COc1ccccc1N(C(C)=O)c1nc(CSc2nnc(-c3c[nH]c4ccccc34)o2)cs1. The van der Waals surface area contributed by atoms with Gasteiger partial charge in [-0.25, -0.2) is 4.98 Å². The van der Waals surface area contributed by atoms with Gasteiger partial charge in [0.1, 0.15) is 5.75 Å². The van der Waals surface area contributed by atoms with E-state index in [1.54, 1.807) is 12.0 Å². The van der Waals surface area contributed by atoms with Gasteiger partial charge < -0.3 is 14.1 Å². The van der Waals surface area contributed by atoms with Crippen molar-refractivity contribution in [1.82, 2.24) is 20.2 Å². The normalized spacial score (nSPS) is 11.1. The van der Waals surface area contributed by atoms with Crippen molar-refractivity contribution in [3.8, 4) is 17.2 Å². The number of methoxy groups -OCH3 is 1. The number of carbonyl (C=O) groups is 1. The number of anilines is 2. The minimum atomic E-state index is -0.145. The fourth-order valence-corrected chi connectivity index (χ4v) is 5.09. The van der Waals surface area contributed by atoms with Gasteiger partial charge in [-0.1, -0.05) is 42.1 Å². The molecule has 0 aliphatic carbocycles. The van der Waals surface area contributed by atoms with Crippen LogP contribution < -0.4 is 9.64 Å². The zero-order valence-electron chi connectivity index (χ0n) is 17.8. The Bertz CT molecular complexity index is 1420. The predicted molar refractivity (Wildman–Crippen MR) is 129 cm³/mol. The molecule has 0 spiro atoms. The molecular weight excluding hydrogens is 458 g/mol. The highest BCUT2D eigenvalue weighted by atomic mass is 32.2. The Labute approximate surface area is 197 Å². The van der Waals surface area contributed by atoms with E-state index in [4.69, 9.17) is 9.15 Å². The highest BCUT2D eigenvalue weighted by molar-refractivity contribution is 7.98. The van der Waals surface area contributed by atoms with Crippen LogP contribution in [0.25, 0.3) is 22.4 Å². The van der Waals surface area contributed by atoms with Crippen LogP contribution in [0.3, 0.4) is 0 Å². The van der Waals surface area contributed by atoms with Crippen molar-refractivity contribution in [1.29, 1.82) is 0 Å². The van der Waals surface area contributed by atoms with Gasteiger partial charge in [0, 0.05) is 35.2 Å². The third-order valence-electron chi connectivity index (χ3n) is 4.94. The maximum absolute atomic E-state index is 12.4. The number of para-hydroxylation sites is 3. The van der Waals surface area contributed by atoms with Crippen molar-refractivity contribution < 1.29 is 13.9 Å². The molecule has 10 heteroatoms. The molecule has 5 aromatic rings. The van der Waals surface area contributed by atoms with E-state index in [-0.39, 0.29) is 5.91 Å². The van der Waals surface area contributed by atoms with E-state index in [1.807, 2.05) is 60.1 Å². The lowest BCUT2D eigenvalue weighted by Crippen LogP contribution is -2.23. The average molecular weight is 478 g/mol. The third-order valence-corrected chi connectivity index (χ3v) is 6.67. The summed E-state index contributed by atoms with van der Waals surface area (Å²) in [5.74, 6) is 1.46. The summed E-state index contributed by atoms with van der Waals surface area (Å²) < 4.78 is 11.3. The lowest BCUT2D eigenvalue weighted by Gasteiger charge is -2.20. The molecule has 8 nitrogen and oxygen atoms in total. The monoisotopic (exact) mass is 477 g/mol. The van der Waals surface area contributed by atoms with Gasteiger partial charge in [0.05, 0.1) is 24.1 Å². The van der Waals surface area contributed by atoms with Gasteiger partial charge in [-0.05, 0) is 18.2 Å². The van der Waals surface area contributed by atoms with E-state index in [2.05, 4.69) is 20.2 Å². The Morgan fingerprint density at radius 3 is 2.85 bits per heavy atom. The molecule has 3 aromatic heterocycles. The number of nitrogens with zero attached hydrogens (tertiary/aromatic N) is 4. The van der Waals surface area contributed by atoms with E-state index in [9.17, 15) is 4.79 Å². The van der Waals surface area contributed by atoms with Gasteiger partial charge in [-0.2, -0.15) is 0 Å². The number of H-pyrrole nitrogens is 1. The molecule has 0 fully saturated rings. The number of ether oxygens (including phenoxy) is 1. The standard InChI is InChI=1S/C23H19N5O3S2/c1-14(29)28(19-9-5-6-10-20(19)30-2)22-25-15(12-32-22)13-33-23-27-26-21(31-23)17-11-24-18-8-4-3-7-16(17)18/h3-12,24H,13H2,1-2H3. The number of rotatable bonds is 7. The molecule has 0 aliphatic rings. The fourth-order valence-electron chi connectivity index (χ4n) is 3.45. The first-order valence-corrected chi connectivity index (χ1v) is 11.9. The molecule has 0 bridgehead atoms. The molecule has 33 heavy (non-hydrogen) atoms. The van der Waals surface area contributed by atoms with Gasteiger partial charge in [-0.3, -0.25) is 9.69 Å². The van der Waals surface area contributed by atoms with Crippen LogP contribution in [0, 0.1) is 0 Å². The minimum absolute atomic E-state index is 0.145. The van der Waals surface area contributed by atoms with Crippen LogP contribution in [0.4, 0.5) is 10.8 Å². The van der Waals surface area contributed by atoms with Crippen molar-refractivity contribution in [2.24, 2.45) is 0 Å². The zero-order valence-corrected chi connectivity index (χ0v) is 19.4. The molecular formula is C23H19N5O3S2. The van der Waals surface area contributed by atoms with Crippen LogP contribution in [0.5, 0.6) is 5.75 Å². The maximum atomic E-state index is 12.4. The molecule has 0 saturated carbocycles. The number of amides is 1. The van der Waals surface area contributed by atoms with Crippen LogP contribution in [0.1, 0.15) is 12.6 Å². The summed E-state index contributed by atoms with van der Waals surface area (Å²) in [7, 11) is 1.58. The molecule has 2 aromatic carbocycles. The summed E-state index contributed by atoms with van der Waals surface area (Å²) in [5.41, 5.74) is 3.35. The number of hydrogen-bond acceptors (Lipinski definition) is 8. The number of hydrogen-bond donors (Lipinski definition) is 1. The first-order valence-electron chi connectivity index (χ1n) is 10.0. The summed E-state index contributed by atoms with van der Waals surface area (Å²) >= 11 is 2.79. The molecule has 3 heterocycles. The molecule has 1 N–H and O–H groups in total. The molecule has 0 aliphatic heterocycles. The highest BCUT2D eigenvalue weighted by Crippen LogP contribution is 2.36. The van der Waals surface area contributed by atoms with Gasteiger partial charge in [0.2, 0.25) is 5.91 Å². The second-order valence-corrected chi connectivity index (χ2v) is 8.82. The lowest BCUT2D eigenvalue weighted by atomic mass is 10.2. The van der Waals surface area contributed by atoms with E-state index >= 15 is 0 Å². The second kappa shape index (κ2) is 9.08. The van der Waals surface area contributed by atoms with Crippen LogP contribution in [0.15, 0.2) is 69.7 Å². The molecule has 0 radical (unpaired) electrons. The topological polar surface area (TPSA) is 97.1 Å². The van der Waals surface area contributed by atoms with E-state index in [0.717, 1.165) is 22.2 Å². The number of aromatic amines is 1. The smallest absolute Gasteiger partial charge is 0.277 e. The van der Waals surface area contributed by atoms with E-state index < -0.39 is 0 Å². The minimum Gasteiger partial charge on any atom is -0.495 e. The molecule has 0 atom stereocenters. The van der Waals surface area contributed by atoms with Crippen molar-refractivity contribution in [3.63, 3.8) is 0 Å². The maximum Gasteiger partial charge on any atom is 0.277 e. The molecule has 166 valence electrons. The van der Waals surface area contributed by atoms with Gasteiger partial charge in [-0.15, -0.1) is 21.5 Å². The number of aromatic nitrogens is 4. The van der Waals surface area contributed by atoms with Crippen molar-refractivity contribution in [2.45, 2.75) is 17.9 Å². The average Bonchev–Trinajstić information content (AvgIpc) is 3.57. The number of benzene rings is 2. The lowest BCUT2D eigenvalue weighted by molar-refractivity contribution is -0.115. The Morgan fingerprint density at radius 1 is 1.18 bits per heavy atom. The van der Waals surface area contributed by atoms with Crippen LogP contribution in [-0.2, 0) is 10.5 Å². The summed E-state index contributed by atoms with van der Waals surface area (Å²) in [6.45, 7) is 1.51. The number of carbonyl (C=O) groups excluding carboxylic acids is 1. The quantitative estimate of drug-likeness (QED) is 0.302. The van der Waals surface area contributed by atoms with Crippen LogP contribution >= 0.6 is 23.1 Å². The highest BCUT2D eigenvalue weighted by Gasteiger charge is 2.21. The molecule has 5 rings (SSSR count). The van der Waals surface area contributed by atoms with Crippen molar-refractivity contribution in [2.75, 3.05) is 12.0 Å². The zero-order chi connectivity index (χ0) is 22.8. The summed E-state index contributed by atoms with van der Waals surface area (Å²) in [4.78, 5) is 21.8. The Balaban J connectivity index is 1.32. The summed E-state index contributed by atoms with van der Waals surface area (Å²) in [6, 6.07) is 15.3. The molecule has 1 amide bonds. The molecule has 0 saturated heterocycles.